The fourth-order valence-electron chi connectivity index (χ4n) is 3.02. The molecule has 0 bridgehead atoms. The molecule has 0 atom stereocenters. The molecule has 0 spiro atoms. The van der Waals surface area contributed by atoms with Gasteiger partial charge in [0.05, 0.1) is 30.5 Å². The van der Waals surface area contributed by atoms with Gasteiger partial charge < -0.3 is 9.47 Å². The van der Waals surface area contributed by atoms with E-state index in [2.05, 4.69) is 9.97 Å². The van der Waals surface area contributed by atoms with Crippen molar-refractivity contribution in [2.75, 3.05) is 18.6 Å². The molecule has 0 radical (unpaired) electrons. The zero-order valence-electron chi connectivity index (χ0n) is 15.8. The first-order chi connectivity index (χ1) is 14.1. The Balaban J connectivity index is 1.33. The summed E-state index contributed by atoms with van der Waals surface area (Å²) in [6.45, 7) is 0.792. The third-order valence-electron chi connectivity index (χ3n) is 4.44. The lowest BCUT2D eigenvalue weighted by Gasteiger charge is -2.10. The zero-order valence-corrected chi connectivity index (χ0v) is 17.4. The molecule has 0 saturated carbocycles. The first-order valence-electron chi connectivity index (χ1n) is 9.12. The molecule has 4 rings (SSSR count). The van der Waals surface area contributed by atoms with Crippen LogP contribution in [0, 0.1) is 0 Å². The summed E-state index contributed by atoms with van der Waals surface area (Å²) in [6.07, 6.45) is 1.48. The molecule has 1 aromatic carbocycles. The molecule has 29 heavy (non-hydrogen) atoms. The van der Waals surface area contributed by atoms with Crippen LogP contribution in [0.1, 0.15) is 24.2 Å². The van der Waals surface area contributed by atoms with Crippen LogP contribution in [0.2, 0.25) is 0 Å². The molecule has 1 aliphatic rings. The first kappa shape index (κ1) is 19.5. The Morgan fingerprint density at radius 1 is 1.17 bits per heavy atom. The minimum Gasteiger partial charge on any atom is -0.496 e. The second-order valence-electron chi connectivity index (χ2n) is 6.45. The van der Waals surface area contributed by atoms with Gasteiger partial charge in [0, 0.05) is 23.7 Å². The summed E-state index contributed by atoms with van der Waals surface area (Å²) in [5.41, 5.74) is 2.21. The smallest absolute Gasteiger partial charge is 0.312 e. The number of carbonyl (C=O) groups excluding carboxylic acids is 2. The number of methoxy groups -OCH3 is 1. The molecular weight excluding hydrogens is 410 g/mol. The molecule has 1 saturated heterocycles. The second kappa shape index (κ2) is 8.71. The Morgan fingerprint density at radius 2 is 2.00 bits per heavy atom. The van der Waals surface area contributed by atoms with Gasteiger partial charge in [-0.3, -0.25) is 14.5 Å². The van der Waals surface area contributed by atoms with Gasteiger partial charge in [0.1, 0.15) is 17.4 Å². The molecule has 0 N–H and O–H groups in total. The number of carbonyl (C=O) groups is 2. The maximum Gasteiger partial charge on any atom is 0.312 e. The van der Waals surface area contributed by atoms with Gasteiger partial charge in [0.15, 0.2) is 5.13 Å². The fraction of sp³-hybridized carbons (Fsp3) is 0.300. The fourth-order valence-corrected chi connectivity index (χ4v) is 4.73. The molecule has 9 heteroatoms. The number of esters is 1. The lowest BCUT2D eigenvalue weighted by molar-refractivity contribution is -0.144. The van der Waals surface area contributed by atoms with E-state index in [-0.39, 0.29) is 24.9 Å². The summed E-state index contributed by atoms with van der Waals surface area (Å²) < 4.78 is 10.7. The highest BCUT2D eigenvalue weighted by Gasteiger charge is 2.24. The maximum absolute atomic E-state index is 12.2. The van der Waals surface area contributed by atoms with Crippen molar-refractivity contribution in [1.29, 1.82) is 0 Å². The minimum absolute atomic E-state index is 0.0715. The number of hydrogen-bond acceptors (Lipinski definition) is 8. The molecule has 3 heterocycles. The second-order valence-corrected chi connectivity index (χ2v) is 8.15. The number of aromatic nitrogens is 2. The van der Waals surface area contributed by atoms with Crippen LogP contribution in [0.25, 0.3) is 10.6 Å². The maximum atomic E-state index is 12.2. The zero-order chi connectivity index (χ0) is 20.2. The van der Waals surface area contributed by atoms with Crippen molar-refractivity contribution in [3.8, 4) is 16.3 Å². The van der Waals surface area contributed by atoms with Crippen LogP contribution in [0.5, 0.6) is 5.75 Å². The van der Waals surface area contributed by atoms with E-state index in [1.54, 1.807) is 17.4 Å². The van der Waals surface area contributed by atoms with Gasteiger partial charge in [-0.2, -0.15) is 0 Å². The molecule has 1 amide bonds. The molecule has 3 aromatic rings. The number of amides is 1. The monoisotopic (exact) mass is 429 g/mol. The van der Waals surface area contributed by atoms with E-state index in [1.807, 2.05) is 29.6 Å². The molecule has 2 aromatic heterocycles. The topological polar surface area (TPSA) is 81.6 Å². The number of rotatable bonds is 7. The molecular formula is C20H19N3O4S2. The van der Waals surface area contributed by atoms with Crippen LogP contribution in [-0.4, -0.2) is 35.5 Å². The number of thiazole rings is 2. The highest BCUT2D eigenvalue weighted by atomic mass is 32.1. The van der Waals surface area contributed by atoms with Crippen molar-refractivity contribution in [2.45, 2.75) is 25.9 Å². The van der Waals surface area contributed by atoms with Gasteiger partial charge in [0.2, 0.25) is 5.91 Å². The Labute approximate surface area is 175 Å². The van der Waals surface area contributed by atoms with E-state index < -0.39 is 0 Å². The third-order valence-corrected chi connectivity index (χ3v) is 6.28. The van der Waals surface area contributed by atoms with Crippen molar-refractivity contribution in [3.05, 3.63) is 46.4 Å². The average Bonchev–Trinajstić information content (AvgIpc) is 3.47. The lowest BCUT2D eigenvalue weighted by atomic mass is 10.2. The average molecular weight is 430 g/mol. The van der Waals surface area contributed by atoms with Crippen molar-refractivity contribution >= 4 is 39.7 Å². The third kappa shape index (κ3) is 4.46. The van der Waals surface area contributed by atoms with Crippen molar-refractivity contribution in [1.82, 2.24) is 9.97 Å². The van der Waals surface area contributed by atoms with Crippen molar-refractivity contribution in [3.63, 3.8) is 0 Å². The Morgan fingerprint density at radius 3 is 2.79 bits per heavy atom. The van der Waals surface area contributed by atoms with Gasteiger partial charge in [-0.1, -0.05) is 12.1 Å². The predicted molar refractivity (Wildman–Crippen MR) is 111 cm³/mol. The standard InChI is InChI=1S/C20H19N3O4S2/c1-26-16-6-3-2-5-15(16)19-21-14(12-28-19)10-27-18(25)9-13-11-29-20(22-13)23-8-4-7-17(23)24/h2-3,5-6,11-12H,4,7-10H2,1H3. The van der Waals surface area contributed by atoms with Crippen LogP contribution in [0.3, 0.4) is 0 Å². The summed E-state index contributed by atoms with van der Waals surface area (Å²) >= 11 is 2.85. The minimum atomic E-state index is -0.374. The van der Waals surface area contributed by atoms with Crippen LogP contribution >= 0.6 is 22.7 Å². The molecule has 1 aliphatic heterocycles. The Hall–Kier alpha value is -2.78. The predicted octanol–water partition coefficient (Wildman–Crippen LogP) is 3.69. The number of benzene rings is 1. The SMILES string of the molecule is COc1ccccc1-c1nc(COC(=O)Cc2csc(N3CCCC3=O)n2)cs1. The normalized spacial score (nSPS) is 13.7. The Bertz CT molecular complexity index is 1030. The lowest BCUT2D eigenvalue weighted by Crippen LogP contribution is -2.23. The van der Waals surface area contributed by atoms with Gasteiger partial charge in [-0.25, -0.2) is 9.97 Å². The number of nitrogens with zero attached hydrogens (tertiary/aromatic N) is 3. The summed E-state index contributed by atoms with van der Waals surface area (Å²) in [7, 11) is 1.62. The molecule has 7 nitrogen and oxygen atoms in total. The molecule has 150 valence electrons. The van der Waals surface area contributed by atoms with Crippen LogP contribution in [0.15, 0.2) is 35.0 Å². The summed E-state index contributed by atoms with van der Waals surface area (Å²) in [6, 6.07) is 7.66. The first-order valence-corrected chi connectivity index (χ1v) is 10.9. The molecule has 0 aliphatic carbocycles. The highest BCUT2D eigenvalue weighted by molar-refractivity contribution is 7.14. The quantitative estimate of drug-likeness (QED) is 0.533. The van der Waals surface area contributed by atoms with Crippen molar-refractivity contribution < 1.29 is 19.1 Å². The summed E-state index contributed by atoms with van der Waals surface area (Å²) in [5, 5.41) is 5.13. The van der Waals surface area contributed by atoms with E-state index in [1.165, 1.54) is 22.7 Å². The van der Waals surface area contributed by atoms with Gasteiger partial charge >= 0.3 is 5.97 Å². The van der Waals surface area contributed by atoms with Crippen LogP contribution in [-0.2, 0) is 27.4 Å². The molecule has 1 fully saturated rings. The van der Waals surface area contributed by atoms with E-state index in [4.69, 9.17) is 9.47 Å². The number of hydrogen-bond donors (Lipinski definition) is 0. The summed E-state index contributed by atoms with van der Waals surface area (Å²) in [4.78, 5) is 34.6. The van der Waals surface area contributed by atoms with Gasteiger partial charge in [-0.15, -0.1) is 22.7 Å². The van der Waals surface area contributed by atoms with Gasteiger partial charge in [0.25, 0.3) is 0 Å². The van der Waals surface area contributed by atoms with E-state index in [9.17, 15) is 9.59 Å². The van der Waals surface area contributed by atoms with E-state index in [0.29, 0.717) is 29.5 Å². The van der Waals surface area contributed by atoms with Crippen LogP contribution < -0.4 is 9.64 Å². The largest absolute Gasteiger partial charge is 0.496 e. The molecule has 0 unspecified atom stereocenters. The van der Waals surface area contributed by atoms with E-state index >= 15 is 0 Å². The number of ether oxygens (including phenoxy) is 2. The summed E-state index contributed by atoms with van der Waals surface area (Å²) in [5.74, 6) is 0.463. The van der Waals surface area contributed by atoms with Crippen molar-refractivity contribution in [2.24, 2.45) is 0 Å². The van der Waals surface area contributed by atoms with Crippen LogP contribution in [0.4, 0.5) is 5.13 Å². The Kier molecular flexibility index (Phi) is 5.86. The van der Waals surface area contributed by atoms with E-state index in [0.717, 1.165) is 22.7 Å². The highest BCUT2D eigenvalue weighted by Crippen LogP contribution is 2.32. The van der Waals surface area contributed by atoms with Gasteiger partial charge in [-0.05, 0) is 18.6 Å². The number of anilines is 1. The number of para-hydroxylation sites is 1.